The van der Waals surface area contributed by atoms with Gasteiger partial charge in [-0.25, -0.2) is 4.98 Å². The van der Waals surface area contributed by atoms with Gasteiger partial charge >= 0.3 is 0 Å². The Morgan fingerprint density at radius 1 is 1.46 bits per heavy atom. The van der Waals surface area contributed by atoms with Crippen LogP contribution in [0, 0.1) is 5.92 Å². The predicted molar refractivity (Wildman–Crippen MR) is 95.1 cm³/mol. The summed E-state index contributed by atoms with van der Waals surface area (Å²) in [4.78, 5) is 11.3. The average molecular weight is 330 g/mol. The van der Waals surface area contributed by atoms with E-state index in [4.69, 9.17) is 5.73 Å². The molecule has 1 saturated heterocycles. The Labute approximate surface area is 142 Å². The molecule has 0 aliphatic carbocycles. The third-order valence-electron chi connectivity index (χ3n) is 4.04. The van der Waals surface area contributed by atoms with Crippen molar-refractivity contribution >= 4 is 17.4 Å². The van der Waals surface area contributed by atoms with Crippen molar-refractivity contribution in [3.8, 4) is 0 Å². The molecular weight excluding hydrogens is 304 g/mol. The second kappa shape index (κ2) is 6.62. The number of rotatable bonds is 3. The van der Waals surface area contributed by atoms with Crippen LogP contribution in [0.25, 0.3) is 5.65 Å². The molecule has 3 heterocycles. The van der Waals surface area contributed by atoms with E-state index in [0.717, 1.165) is 43.9 Å². The molecule has 0 aromatic carbocycles. The fourth-order valence-corrected chi connectivity index (χ4v) is 3.03. The molecule has 0 saturated carbocycles. The van der Waals surface area contributed by atoms with Gasteiger partial charge in [-0.2, -0.15) is 0 Å². The number of aromatic nitrogens is 4. The van der Waals surface area contributed by atoms with Gasteiger partial charge in [0.25, 0.3) is 0 Å². The molecule has 1 aliphatic heterocycles. The lowest BCUT2D eigenvalue weighted by molar-refractivity contribution is 0.421. The van der Waals surface area contributed by atoms with E-state index in [1.165, 1.54) is 0 Å². The highest BCUT2D eigenvalue weighted by atomic mass is 15.3. The predicted octanol–water partition coefficient (Wildman–Crippen LogP) is 1.04. The number of hydrogen-bond acceptors (Lipinski definition) is 5. The van der Waals surface area contributed by atoms with Crippen molar-refractivity contribution in [1.82, 2.24) is 24.9 Å². The number of nitrogens with zero attached hydrogens (tertiary/aromatic N) is 6. The highest BCUT2D eigenvalue weighted by Crippen LogP contribution is 2.24. The van der Waals surface area contributed by atoms with Crippen molar-refractivity contribution in [2.75, 3.05) is 24.5 Å². The fraction of sp³-hybridized carbons (Fsp3) is 0.625. The molecule has 0 amide bonds. The Hall–Kier alpha value is -2.38. The number of aliphatic imine (C=N–C) groups is 1. The number of fused-ring (bicyclic) bond motifs is 1. The molecule has 8 nitrogen and oxygen atoms in total. The van der Waals surface area contributed by atoms with Gasteiger partial charge in [0.2, 0.25) is 5.65 Å². The summed E-state index contributed by atoms with van der Waals surface area (Å²) < 4.78 is 1.90. The number of nitrogens with two attached hydrogens (primary N) is 1. The highest BCUT2D eigenvalue weighted by molar-refractivity contribution is 5.78. The molecule has 2 aromatic rings. The first-order chi connectivity index (χ1) is 11.4. The number of piperidine rings is 1. The zero-order valence-electron chi connectivity index (χ0n) is 14.6. The van der Waals surface area contributed by atoms with Crippen LogP contribution in [0.1, 0.15) is 33.6 Å². The van der Waals surface area contributed by atoms with Crippen LogP contribution in [-0.4, -0.2) is 50.7 Å². The van der Waals surface area contributed by atoms with Gasteiger partial charge in [0.15, 0.2) is 11.8 Å². The molecule has 1 unspecified atom stereocenters. The minimum Gasteiger partial charge on any atom is -0.370 e. The van der Waals surface area contributed by atoms with Crippen molar-refractivity contribution in [2.45, 2.75) is 39.2 Å². The Bertz CT molecular complexity index is 714. The van der Waals surface area contributed by atoms with E-state index in [1.807, 2.05) is 10.6 Å². The largest absolute Gasteiger partial charge is 0.370 e. The summed E-state index contributed by atoms with van der Waals surface area (Å²) in [5, 5.41) is 11.4. The topological polar surface area (TPSA) is 96.7 Å². The maximum Gasteiger partial charge on any atom is 0.203 e. The highest BCUT2D eigenvalue weighted by Gasteiger charge is 2.23. The average Bonchev–Trinajstić information content (AvgIpc) is 3.00. The second-order valence-corrected chi connectivity index (χ2v) is 7.37. The third kappa shape index (κ3) is 3.93. The summed E-state index contributed by atoms with van der Waals surface area (Å²) >= 11 is 0. The van der Waals surface area contributed by atoms with Crippen LogP contribution < -0.4 is 16.0 Å². The normalized spacial score (nSPS) is 19.7. The van der Waals surface area contributed by atoms with E-state index >= 15 is 0 Å². The fourth-order valence-electron chi connectivity index (χ4n) is 3.03. The van der Waals surface area contributed by atoms with E-state index in [0.29, 0.717) is 11.9 Å². The minimum absolute atomic E-state index is 0.0700. The lowest BCUT2D eigenvalue weighted by Gasteiger charge is -2.33. The first kappa shape index (κ1) is 16.5. The van der Waals surface area contributed by atoms with E-state index in [2.05, 4.69) is 51.2 Å². The van der Waals surface area contributed by atoms with Gasteiger partial charge in [-0.05, 0) is 39.5 Å². The minimum atomic E-state index is -0.0700. The molecule has 0 spiro atoms. The Morgan fingerprint density at radius 3 is 3.08 bits per heavy atom. The number of guanidine groups is 1. The van der Waals surface area contributed by atoms with Crippen molar-refractivity contribution in [3.63, 3.8) is 0 Å². The zero-order chi connectivity index (χ0) is 17.2. The first-order valence-electron chi connectivity index (χ1n) is 8.40. The van der Waals surface area contributed by atoms with Crippen LogP contribution in [-0.2, 0) is 0 Å². The van der Waals surface area contributed by atoms with Gasteiger partial charge in [0, 0.05) is 37.6 Å². The summed E-state index contributed by atoms with van der Waals surface area (Å²) in [7, 11) is 0. The Kier molecular flexibility index (Phi) is 4.55. The lowest BCUT2D eigenvalue weighted by atomic mass is 9.98. The van der Waals surface area contributed by atoms with Crippen LogP contribution in [0.2, 0.25) is 0 Å². The maximum absolute atomic E-state index is 5.97. The standard InChI is InChI=1S/C16H26N8/c1-16(2,3)21-15(17)19-9-12-5-4-7-23(10-12)13-14-22-20-11-24(14)8-6-18-13/h6,8,11-12H,4-5,7,9-10H2,1-3H3,(H3,17,19,21). The molecule has 130 valence electrons. The second-order valence-electron chi connectivity index (χ2n) is 7.37. The third-order valence-corrected chi connectivity index (χ3v) is 4.04. The van der Waals surface area contributed by atoms with Crippen LogP contribution in [0.3, 0.4) is 0 Å². The van der Waals surface area contributed by atoms with Crippen molar-refractivity contribution in [3.05, 3.63) is 18.7 Å². The summed E-state index contributed by atoms with van der Waals surface area (Å²) in [6.07, 6.45) is 7.62. The molecule has 24 heavy (non-hydrogen) atoms. The van der Waals surface area contributed by atoms with Crippen molar-refractivity contribution in [1.29, 1.82) is 0 Å². The lowest BCUT2D eigenvalue weighted by Crippen LogP contribution is -2.45. The van der Waals surface area contributed by atoms with E-state index in [1.54, 1.807) is 12.5 Å². The van der Waals surface area contributed by atoms with Gasteiger partial charge in [0.05, 0.1) is 0 Å². The molecule has 8 heteroatoms. The van der Waals surface area contributed by atoms with Crippen LogP contribution in [0.15, 0.2) is 23.7 Å². The van der Waals surface area contributed by atoms with E-state index in [-0.39, 0.29) is 5.54 Å². The number of hydrogen-bond donors (Lipinski definition) is 2. The van der Waals surface area contributed by atoms with Crippen LogP contribution in [0.5, 0.6) is 0 Å². The Balaban J connectivity index is 1.67. The monoisotopic (exact) mass is 330 g/mol. The zero-order valence-corrected chi connectivity index (χ0v) is 14.6. The molecule has 3 rings (SSSR count). The molecule has 1 fully saturated rings. The van der Waals surface area contributed by atoms with Gasteiger partial charge in [-0.3, -0.25) is 9.39 Å². The van der Waals surface area contributed by atoms with Crippen molar-refractivity contribution in [2.24, 2.45) is 16.6 Å². The molecule has 2 aromatic heterocycles. The van der Waals surface area contributed by atoms with E-state index < -0.39 is 0 Å². The molecule has 3 N–H and O–H groups in total. The summed E-state index contributed by atoms with van der Waals surface area (Å²) in [5.74, 6) is 1.87. The Morgan fingerprint density at radius 2 is 2.29 bits per heavy atom. The molecule has 0 radical (unpaired) electrons. The number of anilines is 1. The van der Waals surface area contributed by atoms with Gasteiger partial charge in [-0.1, -0.05) is 0 Å². The smallest absolute Gasteiger partial charge is 0.203 e. The molecule has 1 aliphatic rings. The molecule has 1 atom stereocenters. The van der Waals surface area contributed by atoms with Gasteiger partial charge in [-0.15, -0.1) is 10.2 Å². The van der Waals surface area contributed by atoms with E-state index in [9.17, 15) is 0 Å². The number of nitrogens with one attached hydrogen (secondary N) is 1. The maximum atomic E-state index is 5.97. The first-order valence-corrected chi connectivity index (χ1v) is 8.40. The van der Waals surface area contributed by atoms with Crippen molar-refractivity contribution < 1.29 is 0 Å². The summed E-state index contributed by atoms with van der Waals surface area (Å²) in [5.41, 5.74) is 6.71. The van der Waals surface area contributed by atoms with Gasteiger partial charge in [0.1, 0.15) is 6.33 Å². The van der Waals surface area contributed by atoms with Crippen LogP contribution in [0.4, 0.5) is 5.82 Å². The molecular formula is C16H26N8. The summed E-state index contributed by atoms with van der Waals surface area (Å²) in [6.45, 7) is 8.83. The van der Waals surface area contributed by atoms with Crippen LogP contribution >= 0.6 is 0 Å². The molecule has 0 bridgehead atoms. The SMILES string of the molecule is CC(C)(C)NC(N)=NCC1CCCN(c2nccn3cnnc23)C1. The summed E-state index contributed by atoms with van der Waals surface area (Å²) in [6, 6.07) is 0. The van der Waals surface area contributed by atoms with Gasteiger partial charge < -0.3 is 16.0 Å². The quantitative estimate of drug-likeness (QED) is 0.645.